The minimum atomic E-state index is -0.231. The molecule has 2 heterocycles. The van der Waals surface area contributed by atoms with Gasteiger partial charge in [0.2, 0.25) is 11.0 Å². The van der Waals surface area contributed by atoms with Gasteiger partial charge in [0.05, 0.1) is 12.3 Å². The van der Waals surface area contributed by atoms with Gasteiger partial charge >= 0.3 is 0 Å². The molecule has 8 heteroatoms. The lowest BCUT2D eigenvalue weighted by Crippen LogP contribution is -2.18. The van der Waals surface area contributed by atoms with Crippen LogP contribution >= 0.6 is 35.7 Å². The predicted octanol–water partition coefficient (Wildman–Crippen LogP) is 0.104. The fourth-order valence-corrected chi connectivity index (χ4v) is 1.94. The van der Waals surface area contributed by atoms with Crippen LogP contribution in [0.25, 0.3) is 0 Å². The molecule has 2 aliphatic rings. The third-order valence-electron chi connectivity index (χ3n) is 1.16. The van der Waals surface area contributed by atoms with Gasteiger partial charge in [0.15, 0.2) is 0 Å². The van der Waals surface area contributed by atoms with Crippen LogP contribution in [-0.4, -0.2) is 32.9 Å². The standard InChI is InChI=1S/C3H3NO2S.C3H3NOS2/c5-2-1-4-3(6)7-2;5-2-1-7-3(6)4-2/h1H2,(H,4,6);1H2,(H,4,5,6). The first-order valence-corrected chi connectivity index (χ1v) is 5.74. The van der Waals surface area contributed by atoms with E-state index in [0.29, 0.717) is 10.1 Å². The van der Waals surface area contributed by atoms with E-state index in [1.165, 1.54) is 11.8 Å². The summed E-state index contributed by atoms with van der Waals surface area (Å²) in [5, 5.41) is 4.49. The summed E-state index contributed by atoms with van der Waals surface area (Å²) in [6, 6.07) is 0. The van der Waals surface area contributed by atoms with Crippen LogP contribution in [0, 0.1) is 0 Å². The molecule has 2 aliphatic heterocycles. The van der Waals surface area contributed by atoms with Crippen molar-refractivity contribution in [3.8, 4) is 0 Å². The van der Waals surface area contributed by atoms with Crippen LogP contribution in [0.4, 0.5) is 4.79 Å². The molecule has 0 atom stereocenters. The Balaban J connectivity index is 0.000000140. The summed E-state index contributed by atoms with van der Waals surface area (Å²) in [6.07, 6.45) is 0. The van der Waals surface area contributed by atoms with Crippen LogP contribution in [0.3, 0.4) is 0 Å². The molecule has 5 nitrogen and oxygen atoms in total. The van der Waals surface area contributed by atoms with Crippen molar-refractivity contribution in [2.45, 2.75) is 0 Å². The Bertz CT molecular complexity index is 247. The van der Waals surface area contributed by atoms with E-state index in [1.54, 1.807) is 0 Å². The first-order chi connectivity index (χ1) is 6.58. The van der Waals surface area contributed by atoms with E-state index >= 15 is 0 Å². The summed E-state index contributed by atoms with van der Waals surface area (Å²) >= 11 is 6.73. The number of nitrogens with one attached hydrogen (secondary N) is 2. The van der Waals surface area contributed by atoms with Gasteiger partial charge in [-0.25, -0.2) is 0 Å². The Morgan fingerprint density at radius 3 is 2.14 bits per heavy atom. The van der Waals surface area contributed by atoms with Crippen molar-refractivity contribution in [2.24, 2.45) is 0 Å². The summed E-state index contributed by atoms with van der Waals surface area (Å²) in [7, 11) is 0. The van der Waals surface area contributed by atoms with Gasteiger partial charge < -0.3 is 10.6 Å². The van der Waals surface area contributed by atoms with Gasteiger partial charge in [0.1, 0.15) is 4.32 Å². The summed E-state index contributed by atoms with van der Waals surface area (Å²) in [5.74, 6) is 0.522. The molecule has 2 saturated heterocycles. The maximum atomic E-state index is 10.2. The van der Waals surface area contributed by atoms with Crippen molar-refractivity contribution in [2.75, 3.05) is 12.3 Å². The third-order valence-corrected chi connectivity index (χ3v) is 3.09. The van der Waals surface area contributed by atoms with Gasteiger partial charge in [-0.05, 0) is 0 Å². The van der Waals surface area contributed by atoms with Crippen molar-refractivity contribution in [1.29, 1.82) is 0 Å². The van der Waals surface area contributed by atoms with Crippen LogP contribution in [0.15, 0.2) is 0 Å². The zero-order valence-corrected chi connectivity index (χ0v) is 9.31. The molecule has 0 saturated carbocycles. The number of carbonyl (C=O) groups is 3. The molecular formula is C6H6N2O3S3. The largest absolute Gasteiger partial charge is 0.339 e. The number of carbonyl (C=O) groups excluding carboxylic acids is 3. The van der Waals surface area contributed by atoms with Crippen LogP contribution < -0.4 is 10.6 Å². The van der Waals surface area contributed by atoms with Gasteiger partial charge in [-0.15, -0.1) is 0 Å². The highest BCUT2D eigenvalue weighted by Crippen LogP contribution is 2.07. The molecule has 2 fully saturated rings. The molecule has 14 heavy (non-hydrogen) atoms. The molecule has 2 N–H and O–H groups in total. The van der Waals surface area contributed by atoms with E-state index in [2.05, 4.69) is 22.9 Å². The van der Waals surface area contributed by atoms with Gasteiger partial charge in [-0.3, -0.25) is 14.4 Å². The molecule has 0 spiro atoms. The average Bonchev–Trinajstić information content (AvgIpc) is 2.63. The number of thioether (sulfide) groups is 2. The molecule has 0 aromatic carbocycles. The second-order valence-electron chi connectivity index (χ2n) is 2.24. The Hall–Kier alpha value is -0.600. The highest BCUT2D eigenvalue weighted by molar-refractivity contribution is 8.26. The molecule has 2 amide bonds. The monoisotopic (exact) mass is 250 g/mol. The van der Waals surface area contributed by atoms with Crippen LogP contribution in [0.5, 0.6) is 0 Å². The molecular weight excluding hydrogens is 244 g/mol. The zero-order valence-electron chi connectivity index (χ0n) is 6.86. The molecule has 76 valence electrons. The molecule has 0 radical (unpaired) electrons. The first-order valence-electron chi connectivity index (χ1n) is 3.53. The minimum absolute atomic E-state index is 0.0231. The SMILES string of the molecule is O=C1CNC(=O)S1.O=C1CSC(=S)N1. The quantitative estimate of drug-likeness (QED) is 0.594. The molecule has 0 aromatic heterocycles. The average molecular weight is 250 g/mol. The van der Waals surface area contributed by atoms with Gasteiger partial charge in [-0.2, -0.15) is 0 Å². The Kier molecular flexibility index (Phi) is 4.36. The third kappa shape index (κ3) is 4.07. The topological polar surface area (TPSA) is 75.3 Å². The Morgan fingerprint density at radius 1 is 1.29 bits per heavy atom. The van der Waals surface area contributed by atoms with Crippen molar-refractivity contribution < 1.29 is 14.4 Å². The fourth-order valence-electron chi connectivity index (χ4n) is 0.637. The predicted molar refractivity (Wildman–Crippen MR) is 59.2 cm³/mol. The van der Waals surface area contributed by atoms with Gasteiger partial charge in [-0.1, -0.05) is 24.0 Å². The highest BCUT2D eigenvalue weighted by Gasteiger charge is 2.17. The lowest BCUT2D eigenvalue weighted by Gasteiger charge is -1.81. The number of hydrogen-bond donors (Lipinski definition) is 2. The first kappa shape index (κ1) is 11.5. The lowest BCUT2D eigenvalue weighted by molar-refractivity contribution is -0.116. The molecule has 0 unspecified atom stereocenters. The minimum Gasteiger partial charge on any atom is -0.339 e. The van der Waals surface area contributed by atoms with Gasteiger partial charge in [0.25, 0.3) is 5.24 Å². The van der Waals surface area contributed by atoms with Crippen molar-refractivity contribution in [1.82, 2.24) is 10.6 Å². The Labute approximate surface area is 93.7 Å². The van der Waals surface area contributed by atoms with Crippen molar-refractivity contribution in [3.63, 3.8) is 0 Å². The highest BCUT2D eigenvalue weighted by atomic mass is 32.2. The van der Waals surface area contributed by atoms with E-state index in [0.717, 1.165) is 11.8 Å². The van der Waals surface area contributed by atoms with Crippen LogP contribution in [-0.2, 0) is 9.59 Å². The number of amides is 2. The zero-order chi connectivity index (χ0) is 10.6. The second-order valence-corrected chi connectivity index (χ2v) is 4.92. The van der Waals surface area contributed by atoms with E-state index in [4.69, 9.17) is 0 Å². The number of hydrogen-bond acceptors (Lipinski definition) is 6. The molecule has 0 aliphatic carbocycles. The molecule has 0 aromatic rings. The van der Waals surface area contributed by atoms with Crippen LogP contribution in [0.2, 0.25) is 0 Å². The maximum Gasteiger partial charge on any atom is 0.287 e. The normalized spacial score (nSPS) is 20.0. The summed E-state index contributed by atoms with van der Waals surface area (Å²) in [4.78, 5) is 30.5. The molecule has 2 rings (SSSR count). The smallest absolute Gasteiger partial charge is 0.287 e. The lowest BCUT2D eigenvalue weighted by atomic mass is 10.7. The second kappa shape index (κ2) is 5.32. The van der Waals surface area contributed by atoms with E-state index < -0.39 is 0 Å². The van der Waals surface area contributed by atoms with Gasteiger partial charge in [0, 0.05) is 11.8 Å². The summed E-state index contributed by atoms with van der Waals surface area (Å²) in [6.45, 7) is 0.198. The summed E-state index contributed by atoms with van der Waals surface area (Å²) in [5.41, 5.74) is 0. The maximum absolute atomic E-state index is 10.2. The van der Waals surface area contributed by atoms with E-state index in [1.807, 2.05) is 0 Å². The van der Waals surface area contributed by atoms with Crippen molar-refractivity contribution in [3.05, 3.63) is 0 Å². The van der Waals surface area contributed by atoms with E-state index in [9.17, 15) is 14.4 Å². The summed E-state index contributed by atoms with van der Waals surface area (Å²) < 4.78 is 0.602. The number of rotatable bonds is 0. The number of thiocarbonyl (C=S) groups is 1. The van der Waals surface area contributed by atoms with Crippen molar-refractivity contribution >= 4 is 56.3 Å². The Morgan fingerprint density at radius 2 is 2.00 bits per heavy atom. The molecule has 0 bridgehead atoms. The van der Waals surface area contributed by atoms with Crippen LogP contribution in [0.1, 0.15) is 0 Å². The van der Waals surface area contributed by atoms with E-state index in [-0.39, 0.29) is 22.8 Å². The fraction of sp³-hybridized carbons (Fsp3) is 0.333.